The largest absolute Gasteiger partial charge is 0.369 e. The average Bonchev–Trinajstić information content (AvgIpc) is 2.95. The van der Waals surface area contributed by atoms with E-state index in [1.54, 1.807) is 18.3 Å². The van der Waals surface area contributed by atoms with Crippen LogP contribution in [0, 0.1) is 11.3 Å². The van der Waals surface area contributed by atoms with E-state index in [0.717, 1.165) is 17.7 Å². The molecule has 116 valence electrons. The summed E-state index contributed by atoms with van der Waals surface area (Å²) in [5.41, 5.74) is 8.47. The van der Waals surface area contributed by atoms with Crippen LogP contribution in [0.2, 0.25) is 0 Å². The smallest absolute Gasteiger partial charge is 0.262 e. The molecule has 23 heavy (non-hydrogen) atoms. The van der Waals surface area contributed by atoms with E-state index in [4.69, 9.17) is 11.0 Å². The minimum atomic E-state index is -0.226. The number of aromatic amines is 2. The van der Waals surface area contributed by atoms with Crippen LogP contribution in [0.5, 0.6) is 0 Å². The predicted molar refractivity (Wildman–Crippen MR) is 87.7 cm³/mol. The lowest BCUT2D eigenvalue weighted by atomic mass is 10.1. The zero-order chi connectivity index (χ0) is 16.2. The Bertz CT molecular complexity index is 916. The molecule has 7 nitrogen and oxygen atoms in total. The van der Waals surface area contributed by atoms with Crippen molar-refractivity contribution >= 4 is 17.0 Å². The topological polar surface area (TPSA) is 123 Å². The van der Waals surface area contributed by atoms with Gasteiger partial charge in [-0.15, -0.1) is 0 Å². The molecule has 3 rings (SSSR count). The van der Waals surface area contributed by atoms with Crippen molar-refractivity contribution in [1.29, 1.82) is 5.26 Å². The number of nitrogen functional groups attached to an aromatic ring is 1. The number of aromatic nitrogens is 3. The highest BCUT2D eigenvalue weighted by Crippen LogP contribution is 2.12. The molecule has 1 aromatic carbocycles. The van der Waals surface area contributed by atoms with Crippen LogP contribution in [0.1, 0.15) is 16.7 Å². The minimum absolute atomic E-state index is 0.106. The van der Waals surface area contributed by atoms with Crippen molar-refractivity contribution in [2.75, 3.05) is 12.3 Å². The van der Waals surface area contributed by atoms with Crippen molar-refractivity contribution in [3.63, 3.8) is 0 Å². The molecule has 0 aliphatic rings. The fraction of sp³-hybridized carbons (Fsp3) is 0.188. The SMILES string of the molecule is N#Cc1ccc(CNCCc2c[nH]c3nc(N)[nH]c(=O)c23)cc1. The number of hydrogen-bond acceptors (Lipinski definition) is 5. The number of nitrogens with two attached hydrogens (primary N) is 1. The maximum absolute atomic E-state index is 12.0. The molecule has 0 bridgehead atoms. The molecule has 0 atom stereocenters. The predicted octanol–water partition coefficient (Wildman–Crippen LogP) is 1.04. The Morgan fingerprint density at radius 1 is 1.30 bits per heavy atom. The van der Waals surface area contributed by atoms with Crippen molar-refractivity contribution in [1.82, 2.24) is 20.3 Å². The van der Waals surface area contributed by atoms with Crippen LogP contribution in [0.15, 0.2) is 35.3 Å². The first-order valence-electron chi connectivity index (χ1n) is 7.23. The third kappa shape index (κ3) is 3.22. The van der Waals surface area contributed by atoms with Crippen molar-refractivity contribution in [2.45, 2.75) is 13.0 Å². The summed E-state index contributed by atoms with van der Waals surface area (Å²) in [4.78, 5) is 21.5. The van der Waals surface area contributed by atoms with Crippen LogP contribution >= 0.6 is 0 Å². The van der Waals surface area contributed by atoms with Gasteiger partial charge in [-0.3, -0.25) is 9.78 Å². The van der Waals surface area contributed by atoms with E-state index in [2.05, 4.69) is 26.3 Å². The fourth-order valence-corrected chi connectivity index (χ4v) is 2.47. The molecule has 0 spiro atoms. The van der Waals surface area contributed by atoms with Gasteiger partial charge in [-0.05, 0) is 36.2 Å². The highest BCUT2D eigenvalue weighted by atomic mass is 16.1. The van der Waals surface area contributed by atoms with Crippen molar-refractivity contribution in [3.8, 4) is 6.07 Å². The maximum atomic E-state index is 12.0. The standard InChI is InChI=1S/C16H16N6O/c17-7-10-1-3-11(4-2-10)8-19-6-5-12-9-20-14-13(12)15(23)22-16(18)21-14/h1-4,9,19H,5-6,8H2,(H4,18,20,21,22,23). The molecule has 0 unspecified atom stereocenters. The van der Waals surface area contributed by atoms with Crippen LogP contribution < -0.4 is 16.6 Å². The molecule has 0 saturated carbocycles. The number of nitrogens with zero attached hydrogens (tertiary/aromatic N) is 2. The fourth-order valence-electron chi connectivity index (χ4n) is 2.47. The Kier molecular flexibility index (Phi) is 4.08. The van der Waals surface area contributed by atoms with Crippen LogP contribution in [-0.2, 0) is 13.0 Å². The molecule has 5 N–H and O–H groups in total. The van der Waals surface area contributed by atoms with Gasteiger partial charge in [0.1, 0.15) is 5.65 Å². The van der Waals surface area contributed by atoms with Gasteiger partial charge in [-0.2, -0.15) is 10.2 Å². The molecule has 2 aromatic heterocycles. The van der Waals surface area contributed by atoms with Crippen LogP contribution in [0.4, 0.5) is 5.95 Å². The van der Waals surface area contributed by atoms with E-state index in [-0.39, 0.29) is 11.5 Å². The summed E-state index contributed by atoms with van der Waals surface area (Å²) >= 11 is 0. The normalized spacial score (nSPS) is 10.7. The Morgan fingerprint density at radius 3 is 2.83 bits per heavy atom. The second kappa shape index (κ2) is 6.34. The Balaban J connectivity index is 1.61. The Morgan fingerprint density at radius 2 is 2.09 bits per heavy atom. The van der Waals surface area contributed by atoms with Crippen molar-refractivity contribution in [3.05, 3.63) is 57.5 Å². The summed E-state index contributed by atoms with van der Waals surface area (Å²) in [7, 11) is 0. The van der Waals surface area contributed by atoms with Crippen LogP contribution in [-0.4, -0.2) is 21.5 Å². The van der Waals surface area contributed by atoms with E-state index in [9.17, 15) is 4.79 Å². The molecule has 3 aromatic rings. The lowest BCUT2D eigenvalue weighted by molar-refractivity contribution is 0.688. The number of nitriles is 1. The average molecular weight is 308 g/mol. The van der Waals surface area contributed by atoms with Gasteiger partial charge < -0.3 is 16.0 Å². The minimum Gasteiger partial charge on any atom is -0.369 e. The quantitative estimate of drug-likeness (QED) is 0.524. The second-order valence-corrected chi connectivity index (χ2v) is 5.22. The van der Waals surface area contributed by atoms with Gasteiger partial charge in [0.15, 0.2) is 0 Å². The summed E-state index contributed by atoms with van der Waals surface area (Å²) in [6.07, 6.45) is 2.49. The first kappa shape index (κ1) is 14.8. The van der Waals surface area contributed by atoms with Gasteiger partial charge in [-0.1, -0.05) is 12.1 Å². The monoisotopic (exact) mass is 308 g/mol. The van der Waals surface area contributed by atoms with Crippen molar-refractivity contribution < 1.29 is 0 Å². The molecule has 0 fully saturated rings. The summed E-state index contributed by atoms with van der Waals surface area (Å²) in [5.74, 6) is 0.106. The van der Waals surface area contributed by atoms with E-state index < -0.39 is 0 Å². The van der Waals surface area contributed by atoms with Gasteiger partial charge in [-0.25, -0.2) is 0 Å². The first-order chi connectivity index (χ1) is 11.2. The summed E-state index contributed by atoms with van der Waals surface area (Å²) in [6, 6.07) is 9.54. The number of anilines is 1. The van der Waals surface area contributed by atoms with E-state index in [1.165, 1.54) is 0 Å². The van der Waals surface area contributed by atoms with E-state index in [0.29, 0.717) is 29.6 Å². The van der Waals surface area contributed by atoms with Gasteiger partial charge in [0, 0.05) is 12.7 Å². The molecule has 0 saturated heterocycles. The number of fused-ring (bicyclic) bond motifs is 1. The van der Waals surface area contributed by atoms with Crippen molar-refractivity contribution in [2.24, 2.45) is 0 Å². The summed E-state index contributed by atoms with van der Waals surface area (Å²) in [6.45, 7) is 1.42. The van der Waals surface area contributed by atoms with Gasteiger partial charge in [0.25, 0.3) is 5.56 Å². The molecule has 2 heterocycles. The molecular formula is C16H16N6O. The highest BCUT2D eigenvalue weighted by molar-refractivity contribution is 5.79. The number of H-pyrrole nitrogens is 2. The molecular weight excluding hydrogens is 292 g/mol. The second-order valence-electron chi connectivity index (χ2n) is 5.22. The van der Waals surface area contributed by atoms with E-state index >= 15 is 0 Å². The lowest BCUT2D eigenvalue weighted by Crippen LogP contribution is -2.17. The number of nitrogens with one attached hydrogen (secondary N) is 3. The number of hydrogen-bond donors (Lipinski definition) is 4. The molecule has 0 amide bonds. The highest BCUT2D eigenvalue weighted by Gasteiger charge is 2.09. The van der Waals surface area contributed by atoms with Crippen LogP contribution in [0.3, 0.4) is 0 Å². The van der Waals surface area contributed by atoms with Gasteiger partial charge in [0.05, 0.1) is 17.0 Å². The lowest BCUT2D eigenvalue weighted by Gasteiger charge is -2.04. The maximum Gasteiger partial charge on any atom is 0.262 e. The summed E-state index contributed by atoms with van der Waals surface area (Å²) in [5, 5.41) is 12.6. The van der Waals surface area contributed by atoms with E-state index in [1.807, 2.05) is 12.1 Å². The zero-order valence-corrected chi connectivity index (χ0v) is 12.4. The zero-order valence-electron chi connectivity index (χ0n) is 12.4. The Hall–Kier alpha value is -3.11. The first-order valence-corrected chi connectivity index (χ1v) is 7.23. The molecule has 0 aliphatic heterocycles. The Labute approximate surface area is 132 Å². The number of benzene rings is 1. The third-order valence-electron chi connectivity index (χ3n) is 3.63. The molecule has 0 aliphatic carbocycles. The summed E-state index contributed by atoms with van der Waals surface area (Å²) < 4.78 is 0. The molecule has 7 heteroatoms. The van der Waals surface area contributed by atoms with Crippen LogP contribution in [0.25, 0.3) is 11.0 Å². The number of rotatable bonds is 5. The third-order valence-corrected chi connectivity index (χ3v) is 3.63. The van der Waals surface area contributed by atoms with Gasteiger partial charge in [0.2, 0.25) is 5.95 Å². The molecule has 0 radical (unpaired) electrons. The van der Waals surface area contributed by atoms with Gasteiger partial charge >= 0.3 is 0 Å².